The fourth-order valence-electron chi connectivity index (χ4n) is 4.70. The molecule has 0 N–H and O–H groups in total. The lowest BCUT2D eigenvalue weighted by Gasteiger charge is -2.21. The van der Waals surface area contributed by atoms with Gasteiger partial charge in [0.15, 0.2) is 0 Å². The van der Waals surface area contributed by atoms with Crippen LogP contribution in [0.5, 0.6) is 0 Å². The number of halogens is 3. The minimum Gasteiger partial charge on any atom is -0.302 e. The Labute approximate surface area is 188 Å². The molecule has 2 aromatic carbocycles. The van der Waals surface area contributed by atoms with Crippen LogP contribution in [-0.4, -0.2) is 35.3 Å². The molecule has 1 aliphatic carbocycles. The highest BCUT2D eigenvalue weighted by Crippen LogP contribution is 2.59. The Hall–Kier alpha value is -1.83. The Morgan fingerprint density at radius 3 is 2.61 bits per heavy atom. The maximum absolute atomic E-state index is 12.8. The lowest BCUT2D eigenvalue weighted by molar-refractivity contribution is -0.137. The molecule has 0 bridgehead atoms. The smallest absolute Gasteiger partial charge is 0.302 e. The van der Waals surface area contributed by atoms with Gasteiger partial charge in [0.25, 0.3) is 0 Å². The van der Waals surface area contributed by atoms with E-state index in [2.05, 4.69) is 22.0 Å². The summed E-state index contributed by atoms with van der Waals surface area (Å²) in [6.45, 7) is 3.05. The van der Waals surface area contributed by atoms with Gasteiger partial charge in [-0.05, 0) is 48.6 Å². The quantitative estimate of drug-likeness (QED) is 0.292. The summed E-state index contributed by atoms with van der Waals surface area (Å²) < 4.78 is 39.6. The van der Waals surface area contributed by atoms with Crippen molar-refractivity contribution in [1.82, 2.24) is 9.88 Å². The number of thiazole rings is 1. The number of piperidine rings is 1. The first kappa shape index (κ1) is 21.0. The maximum Gasteiger partial charge on any atom is 0.416 e. The van der Waals surface area contributed by atoms with E-state index >= 15 is 0 Å². The molecule has 3 aromatic rings. The number of fused-ring (bicyclic) bond motifs is 1. The van der Waals surface area contributed by atoms with Gasteiger partial charge in [-0.25, -0.2) is 4.98 Å². The van der Waals surface area contributed by atoms with E-state index in [1.165, 1.54) is 22.6 Å². The summed E-state index contributed by atoms with van der Waals surface area (Å²) in [6, 6.07) is 16.2. The molecule has 2 atom stereocenters. The Kier molecular flexibility index (Phi) is 5.61. The summed E-state index contributed by atoms with van der Waals surface area (Å²) in [5.74, 6) is 1.61. The van der Waals surface area contributed by atoms with Crippen LogP contribution in [0.2, 0.25) is 0 Å². The standard InChI is InChI=1S/C24H23F3N2S2/c25-24(26,27)19-9-7-18(8-10-19)23-13-20(23)15-29(16-23)11-4-12-30-22-28-14-21(31-22)17-5-2-1-3-6-17/h1-3,5-10,14,20H,4,11-13,15-16H2/t20-,23+/m0/s1. The van der Waals surface area contributed by atoms with Gasteiger partial charge >= 0.3 is 6.18 Å². The lowest BCUT2D eigenvalue weighted by Crippen LogP contribution is -2.28. The van der Waals surface area contributed by atoms with Gasteiger partial charge in [0.1, 0.15) is 4.34 Å². The number of aromatic nitrogens is 1. The Balaban J connectivity index is 1.10. The summed E-state index contributed by atoms with van der Waals surface area (Å²) in [6.07, 6.45) is -0.131. The average Bonchev–Trinajstić information content (AvgIpc) is 3.11. The highest BCUT2D eigenvalue weighted by Gasteiger charge is 2.60. The van der Waals surface area contributed by atoms with Crippen LogP contribution in [0.1, 0.15) is 24.0 Å². The third-order valence-corrected chi connectivity index (χ3v) is 8.68. The van der Waals surface area contributed by atoms with Crippen LogP contribution in [0.4, 0.5) is 13.2 Å². The van der Waals surface area contributed by atoms with Gasteiger partial charge < -0.3 is 4.90 Å². The molecule has 2 aliphatic rings. The Bertz CT molecular complexity index is 1030. The molecule has 1 aromatic heterocycles. The zero-order chi connectivity index (χ0) is 21.5. The molecule has 1 aliphatic heterocycles. The van der Waals surface area contributed by atoms with E-state index in [0.29, 0.717) is 5.92 Å². The van der Waals surface area contributed by atoms with Crippen molar-refractivity contribution in [3.63, 3.8) is 0 Å². The second kappa shape index (κ2) is 8.26. The predicted octanol–water partition coefficient (Wildman–Crippen LogP) is 6.58. The molecule has 0 spiro atoms. The van der Waals surface area contributed by atoms with E-state index in [9.17, 15) is 13.2 Å². The Morgan fingerprint density at radius 1 is 1.10 bits per heavy atom. The van der Waals surface area contributed by atoms with Crippen LogP contribution in [0, 0.1) is 5.92 Å². The molecule has 5 rings (SSSR count). The van der Waals surface area contributed by atoms with Crippen LogP contribution in [0.15, 0.2) is 65.1 Å². The summed E-state index contributed by atoms with van der Waals surface area (Å²) in [7, 11) is 0. The molecule has 0 amide bonds. The molecular formula is C24H23F3N2S2. The molecule has 1 saturated heterocycles. The zero-order valence-electron chi connectivity index (χ0n) is 16.9. The Morgan fingerprint density at radius 2 is 1.87 bits per heavy atom. The van der Waals surface area contributed by atoms with E-state index in [1.807, 2.05) is 24.4 Å². The molecule has 2 heterocycles. The van der Waals surface area contributed by atoms with Crippen LogP contribution in [0.25, 0.3) is 10.4 Å². The summed E-state index contributed by atoms with van der Waals surface area (Å²) in [5, 5.41) is 0. The number of likely N-dealkylation sites (tertiary alicyclic amines) is 1. The number of thioether (sulfide) groups is 1. The van der Waals surface area contributed by atoms with E-state index in [4.69, 9.17) is 0 Å². The van der Waals surface area contributed by atoms with Gasteiger partial charge in [-0.1, -0.05) is 54.2 Å². The number of alkyl halides is 3. The van der Waals surface area contributed by atoms with Gasteiger partial charge in [-0.3, -0.25) is 0 Å². The SMILES string of the molecule is FC(F)(F)c1ccc([C@]23C[C@H]2CN(CCCSc2ncc(-c4ccccc4)s2)C3)cc1. The fraction of sp³-hybridized carbons (Fsp3) is 0.375. The largest absolute Gasteiger partial charge is 0.416 e. The number of rotatable bonds is 7. The number of nitrogens with zero attached hydrogens (tertiary/aromatic N) is 2. The topological polar surface area (TPSA) is 16.1 Å². The maximum atomic E-state index is 12.8. The van der Waals surface area contributed by atoms with Crippen LogP contribution in [-0.2, 0) is 11.6 Å². The first-order valence-electron chi connectivity index (χ1n) is 10.5. The monoisotopic (exact) mass is 460 g/mol. The fourth-order valence-corrected chi connectivity index (χ4v) is 6.69. The first-order chi connectivity index (χ1) is 14.9. The molecule has 162 valence electrons. The van der Waals surface area contributed by atoms with Crippen LogP contribution >= 0.6 is 23.1 Å². The van der Waals surface area contributed by atoms with E-state index < -0.39 is 11.7 Å². The molecule has 7 heteroatoms. The van der Waals surface area contributed by atoms with Gasteiger partial charge in [-0.15, -0.1) is 11.3 Å². The molecule has 31 heavy (non-hydrogen) atoms. The molecule has 2 fully saturated rings. The average molecular weight is 461 g/mol. The van der Waals surface area contributed by atoms with Crippen molar-refractivity contribution in [1.29, 1.82) is 0 Å². The highest BCUT2D eigenvalue weighted by atomic mass is 32.2. The number of hydrogen-bond donors (Lipinski definition) is 0. The van der Waals surface area contributed by atoms with Crippen molar-refractivity contribution < 1.29 is 13.2 Å². The number of hydrogen-bond acceptors (Lipinski definition) is 4. The van der Waals surface area contributed by atoms with Crippen molar-refractivity contribution in [2.75, 3.05) is 25.4 Å². The zero-order valence-corrected chi connectivity index (χ0v) is 18.6. The lowest BCUT2D eigenvalue weighted by atomic mass is 9.94. The summed E-state index contributed by atoms with van der Waals surface area (Å²) in [5.41, 5.74) is 1.79. The molecule has 1 saturated carbocycles. The van der Waals surface area contributed by atoms with Gasteiger partial charge in [0.05, 0.1) is 10.4 Å². The van der Waals surface area contributed by atoms with Gasteiger partial charge in [0.2, 0.25) is 0 Å². The molecule has 0 radical (unpaired) electrons. The van der Waals surface area contributed by atoms with Crippen molar-refractivity contribution in [3.8, 4) is 10.4 Å². The summed E-state index contributed by atoms with van der Waals surface area (Å²) >= 11 is 3.54. The van der Waals surface area contributed by atoms with Crippen molar-refractivity contribution in [2.45, 2.75) is 28.8 Å². The normalized spacial score (nSPS) is 23.1. The van der Waals surface area contributed by atoms with Gasteiger partial charge in [-0.2, -0.15) is 13.2 Å². The predicted molar refractivity (Wildman–Crippen MR) is 121 cm³/mol. The van der Waals surface area contributed by atoms with Gasteiger partial charge in [0, 0.05) is 30.5 Å². The van der Waals surface area contributed by atoms with E-state index in [0.717, 1.165) is 48.1 Å². The van der Waals surface area contributed by atoms with Crippen LogP contribution in [0.3, 0.4) is 0 Å². The van der Waals surface area contributed by atoms with Crippen molar-refractivity contribution in [2.24, 2.45) is 5.92 Å². The minimum atomic E-state index is -4.27. The first-order valence-corrected chi connectivity index (χ1v) is 12.3. The highest BCUT2D eigenvalue weighted by molar-refractivity contribution is 8.01. The third kappa shape index (κ3) is 4.41. The second-order valence-electron chi connectivity index (χ2n) is 8.43. The van der Waals surface area contributed by atoms with Crippen LogP contribution < -0.4 is 0 Å². The molecule has 2 nitrogen and oxygen atoms in total. The van der Waals surface area contributed by atoms with Crippen molar-refractivity contribution >= 4 is 23.1 Å². The summed E-state index contributed by atoms with van der Waals surface area (Å²) in [4.78, 5) is 8.22. The molecule has 0 unspecified atom stereocenters. The van der Waals surface area contributed by atoms with E-state index in [1.54, 1.807) is 35.2 Å². The molecular weight excluding hydrogens is 437 g/mol. The van der Waals surface area contributed by atoms with Crippen molar-refractivity contribution in [3.05, 3.63) is 71.9 Å². The van der Waals surface area contributed by atoms with E-state index in [-0.39, 0.29) is 5.41 Å². The number of benzene rings is 2. The second-order valence-corrected chi connectivity index (χ2v) is 10.8. The minimum absolute atomic E-state index is 0.0805. The third-order valence-electron chi connectivity index (χ3n) is 6.39.